The number of hydrogen-bond donors (Lipinski definition) is 1. The maximum atomic E-state index is 12.4. The van der Waals surface area contributed by atoms with Gasteiger partial charge in [-0.2, -0.15) is 0 Å². The number of halogens is 1. The summed E-state index contributed by atoms with van der Waals surface area (Å²) in [5.74, 6) is 0.297. The summed E-state index contributed by atoms with van der Waals surface area (Å²) < 4.78 is 0. The van der Waals surface area contributed by atoms with E-state index in [9.17, 15) is 4.79 Å². The first-order valence-electron chi connectivity index (χ1n) is 8.91. The highest BCUT2D eigenvalue weighted by Gasteiger charge is 2.25. The van der Waals surface area contributed by atoms with Crippen molar-refractivity contribution in [3.8, 4) is 0 Å². The van der Waals surface area contributed by atoms with Gasteiger partial charge in [-0.1, -0.05) is 59.6 Å². The summed E-state index contributed by atoms with van der Waals surface area (Å²) in [5.41, 5.74) is 3.54. The highest BCUT2D eigenvalue weighted by molar-refractivity contribution is 6.31. The van der Waals surface area contributed by atoms with Crippen molar-refractivity contribution in [2.24, 2.45) is 5.92 Å². The van der Waals surface area contributed by atoms with Gasteiger partial charge >= 0.3 is 0 Å². The molecule has 1 N–H and O–H groups in total. The number of carbonyl (C=O) groups is 1. The molecule has 2 aromatic rings. The number of amides is 1. The first-order chi connectivity index (χ1) is 12.1. The van der Waals surface area contributed by atoms with E-state index in [1.807, 2.05) is 24.3 Å². The van der Waals surface area contributed by atoms with E-state index in [4.69, 9.17) is 11.6 Å². The van der Waals surface area contributed by atoms with E-state index in [1.54, 1.807) is 0 Å². The Hall–Kier alpha value is -1.84. The van der Waals surface area contributed by atoms with Crippen molar-refractivity contribution < 1.29 is 4.79 Å². The number of carbonyl (C=O) groups excluding carboxylic acids is 1. The number of aryl methyl sites for hydroxylation is 1. The fourth-order valence-corrected chi connectivity index (χ4v) is 3.57. The van der Waals surface area contributed by atoms with Crippen LogP contribution in [-0.2, 0) is 17.9 Å². The van der Waals surface area contributed by atoms with Crippen molar-refractivity contribution in [3.05, 3.63) is 70.2 Å². The Morgan fingerprint density at radius 3 is 2.64 bits per heavy atom. The van der Waals surface area contributed by atoms with Gasteiger partial charge in [-0.15, -0.1) is 0 Å². The number of nitrogens with one attached hydrogen (secondary N) is 1. The van der Waals surface area contributed by atoms with E-state index < -0.39 is 0 Å². The Labute approximate surface area is 155 Å². The third kappa shape index (κ3) is 5.07. The summed E-state index contributed by atoms with van der Waals surface area (Å²) in [7, 11) is 0. The first-order valence-corrected chi connectivity index (χ1v) is 9.28. The van der Waals surface area contributed by atoms with Gasteiger partial charge in [-0.05, 0) is 50.0 Å². The molecule has 1 heterocycles. The molecule has 0 atom stereocenters. The van der Waals surface area contributed by atoms with Crippen molar-refractivity contribution in [1.29, 1.82) is 0 Å². The average molecular weight is 357 g/mol. The van der Waals surface area contributed by atoms with Crippen molar-refractivity contribution >= 4 is 17.5 Å². The summed E-state index contributed by atoms with van der Waals surface area (Å²) >= 11 is 6.24. The van der Waals surface area contributed by atoms with Crippen LogP contribution in [0.25, 0.3) is 0 Å². The monoisotopic (exact) mass is 356 g/mol. The second-order valence-electron chi connectivity index (χ2n) is 6.85. The molecule has 0 radical (unpaired) electrons. The number of likely N-dealkylation sites (tertiary alicyclic amines) is 1. The second kappa shape index (κ2) is 8.50. The van der Waals surface area contributed by atoms with Crippen LogP contribution >= 0.6 is 11.6 Å². The van der Waals surface area contributed by atoms with E-state index in [0.29, 0.717) is 6.54 Å². The summed E-state index contributed by atoms with van der Waals surface area (Å²) in [4.78, 5) is 14.8. The predicted molar refractivity (Wildman–Crippen MR) is 102 cm³/mol. The number of hydrogen-bond acceptors (Lipinski definition) is 2. The molecule has 2 aromatic carbocycles. The molecule has 1 amide bonds. The zero-order valence-corrected chi connectivity index (χ0v) is 15.4. The zero-order valence-electron chi connectivity index (χ0n) is 14.7. The lowest BCUT2D eigenvalue weighted by Gasteiger charge is -2.31. The molecule has 0 spiro atoms. The van der Waals surface area contributed by atoms with Gasteiger partial charge in [-0.3, -0.25) is 9.69 Å². The number of rotatable bonds is 5. The molecule has 0 aliphatic carbocycles. The molecule has 1 saturated heterocycles. The molecule has 132 valence electrons. The SMILES string of the molecule is Cc1cccc(CNC(=O)C2CCN(Cc3ccccc3Cl)CC2)c1. The summed E-state index contributed by atoms with van der Waals surface area (Å²) in [5, 5.41) is 3.91. The Kier molecular flexibility index (Phi) is 6.11. The Balaban J connectivity index is 1.45. The van der Waals surface area contributed by atoms with E-state index in [1.165, 1.54) is 5.56 Å². The van der Waals surface area contributed by atoms with Crippen molar-refractivity contribution in [2.45, 2.75) is 32.9 Å². The maximum Gasteiger partial charge on any atom is 0.223 e. The average Bonchev–Trinajstić information content (AvgIpc) is 2.62. The largest absolute Gasteiger partial charge is 0.352 e. The van der Waals surface area contributed by atoms with Crippen LogP contribution in [0.5, 0.6) is 0 Å². The third-order valence-corrected chi connectivity index (χ3v) is 5.23. The maximum absolute atomic E-state index is 12.4. The first kappa shape index (κ1) is 18.0. The van der Waals surface area contributed by atoms with Gasteiger partial charge in [-0.25, -0.2) is 0 Å². The molecule has 25 heavy (non-hydrogen) atoms. The topological polar surface area (TPSA) is 32.3 Å². The summed E-state index contributed by atoms with van der Waals surface area (Å²) in [6.45, 7) is 5.42. The molecule has 3 rings (SSSR count). The zero-order chi connectivity index (χ0) is 17.6. The molecule has 1 aliphatic heterocycles. The van der Waals surface area contributed by atoms with Crippen LogP contribution < -0.4 is 5.32 Å². The summed E-state index contributed by atoms with van der Waals surface area (Å²) in [6, 6.07) is 16.3. The number of benzene rings is 2. The lowest BCUT2D eigenvalue weighted by atomic mass is 9.95. The van der Waals surface area contributed by atoms with E-state index in [0.717, 1.165) is 48.6 Å². The van der Waals surface area contributed by atoms with Gasteiger partial charge in [0.25, 0.3) is 0 Å². The minimum Gasteiger partial charge on any atom is -0.352 e. The van der Waals surface area contributed by atoms with Crippen LogP contribution in [-0.4, -0.2) is 23.9 Å². The lowest BCUT2D eigenvalue weighted by Crippen LogP contribution is -2.40. The molecular formula is C21H25ClN2O. The van der Waals surface area contributed by atoms with E-state index >= 15 is 0 Å². The van der Waals surface area contributed by atoms with Gasteiger partial charge in [0.15, 0.2) is 0 Å². The van der Waals surface area contributed by atoms with Crippen molar-refractivity contribution in [1.82, 2.24) is 10.2 Å². The van der Waals surface area contributed by atoms with E-state index in [2.05, 4.69) is 41.4 Å². The molecule has 0 bridgehead atoms. The number of nitrogens with zero attached hydrogens (tertiary/aromatic N) is 1. The van der Waals surface area contributed by atoms with E-state index in [-0.39, 0.29) is 11.8 Å². The highest BCUT2D eigenvalue weighted by Crippen LogP contribution is 2.22. The molecule has 0 aromatic heterocycles. The highest BCUT2D eigenvalue weighted by atomic mass is 35.5. The molecule has 3 nitrogen and oxygen atoms in total. The smallest absolute Gasteiger partial charge is 0.223 e. The standard InChI is InChI=1S/C21H25ClN2O/c1-16-5-4-6-17(13-16)14-23-21(25)18-9-11-24(12-10-18)15-19-7-2-3-8-20(19)22/h2-8,13,18H,9-12,14-15H2,1H3,(H,23,25). The second-order valence-corrected chi connectivity index (χ2v) is 7.26. The Morgan fingerprint density at radius 2 is 1.92 bits per heavy atom. The molecule has 0 saturated carbocycles. The Morgan fingerprint density at radius 1 is 1.16 bits per heavy atom. The number of piperidine rings is 1. The van der Waals surface area contributed by atoms with Crippen LogP contribution in [0.4, 0.5) is 0 Å². The van der Waals surface area contributed by atoms with Crippen LogP contribution in [0.2, 0.25) is 5.02 Å². The predicted octanol–water partition coefficient (Wildman–Crippen LogP) is 4.18. The van der Waals surface area contributed by atoms with Gasteiger partial charge in [0.1, 0.15) is 0 Å². The van der Waals surface area contributed by atoms with Crippen LogP contribution in [0.15, 0.2) is 48.5 Å². The molecule has 1 fully saturated rings. The minimum atomic E-state index is 0.118. The molecule has 1 aliphatic rings. The normalized spacial score (nSPS) is 15.9. The summed E-state index contributed by atoms with van der Waals surface area (Å²) in [6.07, 6.45) is 1.81. The van der Waals surface area contributed by atoms with Gasteiger partial charge in [0, 0.05) is 24.0 Å². The van der Waals surface area contributed by atoms with Crippen LogP contribution in [0.1, 0.15) is 29.5 Å². The van der Waals surface area contributed by atoms with Crippen molar-refractivity contribution in [2.75, 3.05) is 13.1 Å². The Bertz CT molecular complexity index is 723. The van der Waals surface area contributed by atoms with Crippen LogP contribution in [0.3, 0.4) is 0 Å². The quantitative estimate of drug-likeness (QED) is 0.871. The fraction of sp³-hybridized carbons (Fsp3) is 0.381. The minimum absolute atomic E-state index is 0.118. The van der Waals surface area contributed by atoms with Gasteiger partial charge in [0.2, 0.25) is 5.91 Å². The molecular weight excluding hydrogens is 332 g/mol. The molecule has 4 heteroatoms. The lowest BCUT2D eigenvalue weighted by molar-refractivity contribution is -0.126. The van der Waals surface area contributed by atoms with Crippen LogP contribution in [0, 0.1) is 12.8 Å². The third-order valence-electron chi connectivity index (χ3n) is 4.86. The fourth-order valence-electron chi connectivity index (χ4n) is 3.38. The van der Waals surface area contributed by atoms with Crippen molar-refractivity contribution in [3.63, 3.8) is 0 Å². The van der Waals surface area contributed by atoms with Gasteiger partial charge in [0.05, 0.1) is 0 Å². The molecule has 0 unspecified atom stereocenters. The van der Waals surface area contributed by atoms with Gasteiger partial charge < -0.3 is 5.32 Å².